The van der Waals surface area contributed by atoms with E-state index >= 15 is 0 Å². The van der Waals surface area contributed by atoms with Crippen LogP contribution in [0.5, 0.6) is 0 Å². The zero-order valence-corrected chi connectivity index (χ0v) is 10.8. The number of hydrogen-bond donors (Lipinski definition) is 1. The molecular formula is C13H21NO4. The normalized spacial score (nSPS) is 31.2. The molecule has 1 aliphatic heterocycles. The minimum Gasteiger partial charge on any atom is -0.481 e. The highest BCUT2D eigenvalue weighted by molar-refractivity contribution is 5.86. The van der Waals surface area contributed by atoms with E-state index in [4.69, 9.17) is 9.84 Å². The Balaban J connectivity index is 1.82. The molecule has 0 aromatic rings. The van der Waals surface area contributed by atoms with E-state index in [0.29, 0.717) is 25.6 Å². The third kappa shape index (κ3) is 2.66. The van der Waals surface area contributed by atoms with Gasteiger partial charge in [-0.2, -0.15) is 0 Å². The van der Waals surface area contributed by atoms with Gasteiger partial charge < -0.3 is 14.7 Å². The summed E-state index contributed by atoms with van der Waals surface area (Å²) in [4.78, 5) is 24.9. The van der Waals surface area contributed by atoms with E-state index in [0.717, 1.165) is 25.9 Å². The largest absolute Gasteiger partial charge is 0.481 e. The van der Waals surface area contributed by atoms with Crippen molar-refractivity contribution in [1.29, 1.82) is 0 Å². The van der Waals surface area contributed by atoms with Crippen LogP contribution in [0.1, 0.15) is 26.2 Å². The van der Waals surface area contributed by atoms with E-state index in [1.807, 2.05) is 11.8 Å². The maximum atomic E-state index is 12.2. The molecule has 1 heterocycles. The van der Waals surface area contributed by atoms with Crippen LogP contribution in [0, 0.1) is 17.8 Å². The number of hydrogen-bond acceptors (Lipinski definition) is 3. The average molecular weight is 255 g/mol. The average Bonchev–Trinajstić information content (AvgIpc) is 2.72. The number of ether oxygens (including phenoxy) is 1. The second-order valence-electron chi connectivity index (χ2n) is 5.23. The van der Waals surface area contributed by atoms with Crippen molar-refractivity contribution in [3.8, 4) is 0 Å². The first-order chi connectivity index (χ1) is 8.63. The minimum atomic E-state index is -0.829. The fourth-order valence-electron chi connectivity index (χ4n) is 2.78. The molecule has 1 saturated heterocycles. The van der Waals surface area contributed by atoms with Crippen molar-refractivity contribution >= 4 is 11.9 Å². The number of carbonyl (C=O) groups is 2. The first-order valence-electron chi connectivity index (χ1n) is 6.72. The van der Waals surface area contributed by atoms with Crippen molar-refractivity contribution in [2.75, 3.05) is 26.3 Å². The summed E-state index contributed by atoms with van der Waals surface area (Å²) in [7, 11) is 0. The van der Waals surface area contributed by atoms with Gasteiger partial charge in [0, 0.05) is 25.6 Å². The lowest BCUT2D eigenvalue weighted by Gasteiger charge is -2.35. The van der Waals surface area contributed by atoms with Gasteiger partial charge >= 0.3 is 5.97 Å². The highest BCUT2D eigenvalue weighted by atomic mass is 16.5. The summed E-state index contributed by atoms with van der Waals surface area (Å²) < 4.78 is 5.37. The van der Waals surface area contributed by atoms with Crippen LogP contribution in [0.15, 0.2) is 0 Å². The van der Waals surface area contributed by atoms with E-state index in [1.165, 1.54) is 0 Å². The molecule has 1 saturated carbocycles. The van der Waals surface area contributed by atoms with Crippen LogP contribution in [0.3, 0.4) is 0 Å². The Morgan fingerprint density at radius 2 is 2.00 bits per heavy atom. The summed E-state index contributed by atoms with van der Waals surface area (Å²) in [5.41, 5.74) is 0. The zero-order chi connectivity index (χ0) is 13.1. The molecule has 3 unspecified atom stereocenters. The van der Waals surface area contributed by atoms with Gasteiger partial charge in [-0.15, -0.1) is 0 Å². The summed E-state index contributed by atoms with van der Waals surface area (Å²) in [5.74, 6) is -1.12. The van der Waals surface area contributed by atoms with Gasteiger partial charge in [0.25, 0.3) is 0 Å². The van der Waals surface area contributed by atoms with Crippen LogP contribution in [0.2, 0.25) is 0 Å². The third-order valence-electron chi connectivity index (χ3n) is 4.06. The van der Waals surface area contributed by atoms with Crippen LogP contribution >= 0.6 is 0 Å². The van der Waals surface area contributed by atoms with E-state index in [2.05, 4.69) is 0 Å². The lowest BCUT2D eigenvalue weighted by atomic mass is 9.73. The Bertz CT molecular complexity index is 331. The quantitative estimate of drug-likeness (QED) is 0.795. The molecule has 2 rings (SSSR count). The molecule has 0 aromatic heterocycles. The lowest BCUT2D eigenvalue weighted by Crippen LogP contribution is -2.45. The molecule has 102 valence electrons. The minimum absolute atomic E-state index is 0.0349. The van der Waals surface area contributed by atoms with Crippen molar-refractivity contribution in [2.24, 2.45) is 17.8 Å². The second-order valence-corrected chi connectivity index (χ2v) is 5.23. The fraction of sp³-hybridized carbons (Fsp3) is 0.846. The number of likely N-dealkylation sites (tertiary alicyclic amines) is 1. The van der Waals surface area contributed by atoms with Gasteiger partial charge in [0.15, 0.2) is 0 Å². The van der Waals surface area contributed by atoms with Crippen LogP contribution < -0.4 is 0 Å². The molecule has 2 fully saturated rings. The maximum Gasteiger partial charge on any atom is 0.307 e. The predicted octanol–water partition coefficient (Wildman–Crippen LogP) is 0.982. The molecule has 2 aliphatic rings. The topological polar surface area (TPSA) is 66.8 Å². The highest BCUT2D eigenvalue weighted by Gasteiger charge is 2.44. The molecule has 1 amide bonds. The Kier molecular flexibility index (Phi) is 4.22. The van der Waals surface area contributed by atoms with Crippen LogP contribution in [-0.4, -0.2) is 48.2 Å². The SMILES string of the molecule is CCOCC1CCN(C(=O)C2CCC2C(=O)O)C1. The Morgan fingerprint density at radius 3 is 2.56 bits per heavy atom. The van der Waals surface area contributed by atoms with Gasteiger partial charge in [-0.05, 0) is 26.2 Å². The number of carboxylic acid groups (broad SMARTS) is 1. The van der Waals surface area contributed by atoms with Gasteiger partial charge in [-0.25, -0.2) is 0 Å². The molecule has 5 nitrogen and oxygen atoms in total. The summed E-state index contributed by atoms with van der Waals surface area (Å²) in [5, 5.41) is 8.97. The predicted molar refractivity (Wildman–Crippen MR) is 65.0 cm³/mol. The van der Waals surface area contributed by atoms with Gasteiger partial charge in [0.2, 0.25) is 5.91 Å². The summed E-state index contributed by atoms with van der Waals surface area (Å²) >= 11 is 0. The molecular weight excluding hydrogens is 234 g/mol. The van der Waals surface area contributed by atoms with Gasteiger partial charge in [0.05, 0.1) is 18.4 Å². The zero-order valence-electron chi connectivity index (χ0n) is 10.8. The van der Waals surface area contributed by atoms with E-state index in [-0.39, 0.29) is 11.8 Å². The van der Waals surface area contributed by atoms with Gasteiger partial charge in [0.1, 0.15) is 0 Å². The fourth-order valence-corrected chi connectivity index (χ4v) is 2.78. The number of carboxylic acids is 1. The number of amides is 1. The maximum absolute atomic E-state index is 12.2. The number of aliphatic carboxylic acids is 1. The van der Waals surface area contributed by atoms with Gasteiger partial charge in [-0.3, -0.25) is 9.59 Å². The summed E-state index contributed by atoms with van der Waals surface area (Å²) in [6, 6.07) is 0. The van der Waals surface area contributed by atoms with Crippen molar-refractivity contribution < 1.29 is 19.4 Å². The molecule has 5 heteroatoms. The summed E-state index contributed by atoms with van der Waals surface area (Å²) in [6.07, 6.45) is 2.33. The smallest absolute Gasteiger partial charge is 0.307 e. The molecule has 0 radical (unpaired) electrons. The van der Waals surface area contributed by atoms with Crippen molar-refractivity contribution in [1.82, 2.24) is 4.90 Å². The second kappa shape index (κ2) is 5.69. The standard InChI is InChI=1S/C13H21NO4/c1-2-18-8-9-5-6-14(7-9)12(15)10-3-4-11(10)13(16)17/h9-11H,2-8H2,1H3,(H,16,17). The van der Waals surface area contributed by atoms with Crippen LogP contribution in [-0.2, 0) is 14.3 Å². The molecule has 18 heavy (non-hydrogen) atoms. The molecule has 3 atom stereocenters. The van der Waals surface area contributed by atoms with Crippen LogP contribution in [0.4, 0.5) is 0 Å². The first-order valence-corrected chi connectivity index (χ1v) is 6.72. The molecule has 1 N–H and O–H groups in total. The molecule has 0 bridgehead atoms. The van der Waals surface area contributed by atoms with E-state index < -0.39 is 11.9 Å². The van der Waals surface area contributed by atoms with E-state index in [9.17, 15) is 9.59 Å². The number of nitrogens with zero attached hydrogens (tertiary/aromatic N) is 1. The van der Waals surface area contributed by atoms with Crippen molar-refractivity contribution in [3.05, 3.63) is 0 Å². The third-order valence-corrected chi connectivity index (χ3v) is 4.06. The monoisotopic (exact) mass is 255 g/mol. The highest BCUT2D eigenvalue weighted by Crippen LogP contribution is 2.36. The summed E-state index contributed by atoms with van der Waals surface area (Å²) in [6.45, 7) is 4.84. The van der Waals surface area contributed by atoms with Crippen molar-refractivity contribution in [2.45, 2.75) is 26.2 Å². The Morgan fingerprint density at radius 1 is 1.28 bits per heavy atom. The Labute approximate surface area is 107 Å². The molecule has 1 aliphatic carbocycles. The van der Waals surface area contributed by atoms with E-state index in [1.54, 1.807) is 0 Å². The van der Waals surface area contributed by atoms with Crippen molar-refractivity contribution in [3.63, 3.8) is 0 Å². The molecule has 0 spiro atoms. The molecule has 0 aromatic carbocycles. The number of rotatable bonds is 5. The van der Waals surface area contributed by atoms with Crippen LogP contribution in [0.25, 0.3) is 0 Å². The van der Waals surface area contributed by atoms with Gasteiger partial charge in [-0.1, -0.05) is 0 Å². The first kappa shape index (κ1) is 13.3. The lowest BCUT2D eigenvalue weighted by molar-refractivity contribution is -0.156. The Hall–Kier alpha value is -1.10. The number of carbonyl (C=O) groups excluding carboxylic acids is 1.